The fraction of sp³-hybridized carbons (Fsp3) is 0.500. The van der Waals surface area contributed by atoms with Crippen molar-refractivity contribution in [1.82, 2.24) is 10.6 Å². The first-order chi connectivity index (χ1) is 9.16. The SMILES string of the molecule is O=C(O)NC[C@]1(c2ccccc2F)[C@@H]2CCNC[C@@H]21. The maximum atomic E-state index is 14.1. The van der Waals surface area contributed by atoms with Crippen molar-refractivity contribution in [2.75, 3.05) is 19.6 Å². The van der Waals surface area contributed by atoms with E-state index in [-0.39, 0.29) is 11.2 Å². The molecule has 1 aromatic rings. The van der Waals surface area contributed by atoms with Crippen molar-refractivity contribution in [3.63, 3.8) is 0 Å². The summed E-state index contributed by atoms with van der Waals surface area (Å²) in [6.45, 7) is 2.05. The molecule has 1 amide bonds. The number of rotatable bonds is 3. The van der Waals surface area contributed by atoms with Gasteiger partial charge in [-0.25, -0.2) is 9.18 Å². The van der Waals surface area contributed by atoms with Crippen LogP contribution in [0.25, 0.3) is 0 Å². The Kier molecular flexibility index (Phi) is 2.93. The monoisotopic (exact) mass is 264 g/mol. The number of fused-ring (bicyclic) bond motifs is 1. The Balaban J connectivity index is 1.94. The predicted molar refractivity (Wildman–Crippen MR) is 68.6 cm³/mol. The zero-order chi connectivity index (χ0) is 13.5. The quantitative estimate of drug-likeness (QED) is 0.776. The third-order valence-corrected chi connectivity index (χ3v) is 4.60. The van der Waals surface area contributed by atoms with Crippen molar-refractivity contribution in [2.24, 2.45) is 11.8 Å². The van der Waals surface area contributed by atoms with Gasteiger partial charge in [0.1, 0.15) is 5.82 Å². The molecule has 19 heavy (non-hydrogen) atoms. The van der Waals surface area contributed by atoms with Crippen LogP contribution in [-0.4, -0.2) is 30.8 Å². The molecule has 3 rings (SSSR count). The number of benzene rings is 1. The topological polar surface area (TPSA) is 61.4 Å². The first-order valence-corrected chi connectivity index (χ1v) is 6.59. The lowest BCUT2D eigenvalue weighted by molar-refractivity contribution is 0.192. The number of hydrogen-bond donors (Lipinski definition) is 3. The second-order valence-electron chi connectivity index (χ2n) is 5.38. The largest absolute Gasteiger partial charge is 0.465 e. The first kappa shape index (κ1) is 12.4. The lowest BCUT2D eigenvalue weighted by Gasteiger charge is -2.19. The van der Waals surface area contributed by atoms with E-state index in [0.29, 0.717) is 23.9 Å². The fourth-order valence-electron chi connectivity index (χ4n) is 3.72. The van der Waals surface area contributed by atoms with Crippen LogP contribution in [0.4, 0.5) is 9.18 Å². The Morgan fingerprint density at radius 3 is 2.89 bits per heavy atom. The van der Waals surface area contributed by atoms with Gasteiger partial charge in [-0.05, 0) is 43.0 Å². The van der Waals surface area contributed by atoms with E-state index in [2.05, 4.69) is 10.6 Å². The summed E-state index contributed by atoms with van der Waals surface area (Å²) in [5.41, 5.74) is 0.287. The molecule has 0 spiro atoms. The molecule has 3 N–H and O–H groups in total. The Hall–Kier alpha value is -1.62. The van der Waals surface area contributed by atoms with Gasteiger partial charge in [0.05, 0.1) is 0 Å². The molecule has 1 saturated carbocycles. The summed E-state index contributed by atoms with van der Waals surface area (Å²) in [4.78, 5) is 10.8. The maximum absolute atomic E-state index is 14.1. The minimum atomic E-state index is -1.05. The number of hydrogen-bond acceptors (Lipinski definition) is 2. The second kappa shape index (κ2) is 4.49. The maximum Gasteiger partial charge on any atom is 0.404 e. The van der Waals surface area contributed by atoms with Gasteiger partial charge in [-0.3, -0.25) is 0 Å². The van der Waals surface area contributed by atoms with E-state index >= 15 is 0 Å². The molecule has 5 heteroatoms. The van der Waals surface area contributed by atoms with E-state index < -0.39 is 6.09 Å². The molecular formula is C14H17FN2O2. The van der Waals surface area contributed by atoms with E-state index in [9.17, 15) is 9.18 Å². The van der Waals surface area contributed by atoms with Gasteiger partial charge in [-0.1, -0.05) is 18.2 Å². The second-order valence-corrected chi connectivity index (χ2v) is 5.38. The molecule has 1 saturated heterocycles. The highest BCUT2D eigenvalue weighted by molar-refractivity contribution is 5.65. The number of amides is 1. The van der Waals surface area contributed by atoms with Gasteiger partial charge in [0.15, 0.2) is 0 Å². The molecule has 2 fully saturated rings. The Morgan fingerprint density at radius 2 is 2.26 bits per heavy atom. The lowest BCUT2D eigenvalue weighted by atomic mass is 9.90. The summed E-state index contributed by atoms with van der Waals surface area (Å²) in [6, 6.07) is 6.73. The van der Waals surface area contributed by atoms with Crippen molar-refractivity contribution < 1.29 is 14.3 Å². The van der Waals surface area contributed by atoms with Crippen LogP contribution in [0.5, 0.6) is 0 Å². The van der Waals surface area contributed by atoms with Crippen LogP contribution < -0.4 is 10.6 Å². The summed E-state index contributed by atoms with van der Waals surface area (Å²) in [5.74, 6) is 0.464. The molecular weight excluding hydrogens is 247 g/mol. The standard InChI is InChI=1S/C14H17FN2O2/c15-12-4-2-1-3-10(12)14(8-17-13(18)19)9-5-6-16-7-11(9)14/h1-4,9,11,16-17H,5-8H2,(H,18,19)/t9-,11+,14-/m1/s1. The van der Waals surface area contributed by atoms with Crippen LogP contribution in [0.3, 0.4) is 0 Å². The van der Waals surface area contributed by atoms with E-state index in [1.54, 1.807) is 12.1 Å². The zero-order valence-electron chi connectivity index (χ0n) is 10.5. The molecule has 102 valence electrons. The smallest absolute Gasteiger partial charge is 0.404 e. The molecule has 3 atom stereocenters. The summed E-state index contributed by atoms with van der Waals surface area (Å²) in [7, 11) is 0. The molecule has 1 aliphatic heterocycles. The minimum Gasteiger partial charge on any atom is -0.465 e. The Bertz CT molecular complexity index is 494. The molecule has 1 aromatic carbocycles. The fourth-order valence-corrected chi connectivity index (χ4v) is 3.72. The van der Waals surface area contributed by atoms with Crippen LogP contribution in [-0.2, 0) is 5.41 Å². The van der Waals surface area contributed by atoms with Gasteiger partial charge < -0.3 is 15.7 Å². The summed E-state index contributed by atoms with van der Waals surface area (Å²) in [5, 5.41) is 14.6. The van der Waals surface area contributed by atoms with Gasteiger partial charge in [-0.15, -0.1) is 0 Å². The Morgan fingerprint density at radius 1 is 1.47 bits per heavy atom. The zero-order valence-corrected chi connectivity index (χ0v) is 10.5. The molecule has 0 unspecified atom stereocenters. The summed E-state index contributed by atoms with van der Waals surface area (Å²) in [6.07, 6.45) is -0.0763. The molecule has 2 aliphatic rings. The number of nitrogens with one attached hydrogen (secondary N) is 2. The van der Waals surface area contributed by atoms with Crippen LogP contribution in [0.1, 0.15) is 12.0 Å². The number of halogens is 1. The first-order valence-electron chi connectivity index (χ1n) is 6.59. The van der Waals surface area contributed by atoms with Crippen molar-refractivity contribution >= 4 is 6.09 Å². The molecule has 4 nitrogen and oxygen atoms in total. The van der Waals surface area contributed by atoms with Gasteiger partial charge in [0.2, 0.25) is 0 Å². The molecule has 0 aromatic heterocycles. The normalized spacial score (nSPS) is 32.5. The lowest BCUT2D eigenvalue weighted by Crippen LogP contribution is -2.34. The summed E-state index contributed by atoms with van der Waals surface area (Å²) < 4.78 is 14.1. The van der Waals surface area contributed by atoms with Gasteiger partial charge in [0.25, 0.3) is 0 Å². The van der Waals surface area contributed by atoms with E-state index in [1.165, 1.54) is 6.07 Å². The van der Waals surface area contributed by atoms with Crippen molar-refractivity contribution in [3.05, 3.63) is 35.6 Å². The highest BCUT2D eigenvalue weighted by Crippen LogP contribution is 2.62. The van der Waals surface area contributed by atoms with Crippen LogP contribution >= 0.6 is 0 Å². The van der Waals surface area contributed by atoms with Gasteiger partial charge in [-0.2, -0.15) is 0 Å². The highest BCUT2D eigenvalue weighted by atomic mass is 19.1. The number of piperidine rings is 1. The molecule has 1 aliphatic carbocycles. The predicted octanol–water partition coefficient (Wildman–Crippen LogP) is 1.57. The van der Waals surface area contributed by atoms with Gasteiger partial charge >= 0.3 is 6.09 Å². The van der Waals surface area contributed by atoms with E-state index in [4.69, 9.17) is 5.11 Å². The number of carboxylic acid groups (broad SMARTS) is 1. The highest BCUT2D eigenvalue weighted by Gasteiger charge is 2.66. The average Bonchev–Trinajstić information content (AvgIpc) is 3.06. The molecule has 0 bridgehead atoms. The van der Waals surface area contributed by atoms with Crippen molar-refractivity contribution in [2.45, 2.75) is 11.8 Å². The van der Waals surface area contributed by atoms with Gasteiger partial charge in [0, 0.05) is 12.0 Å². The molecule has 1 heterocycles. The van der Waals surface area contributed by atoms with Crippen LogP contribution in [0.15, 0.2) is 24.3 Å². The van der Waals surface area contributed by atoms with Crippen molar-refractivity contribution in [1.29, 1.82) is 0 Å². The molecule has 0 radical (unpaired) electrons. The third-order valence-electron chi connectivity index (χ3n) is 4.60. The van der Waals surface area contributed by atoms with Crippen LogP contribution in [0, 0.1) is 17.7 Å². The third kappa shape index (κ3) is 1.89. The van der Waals surface area contributed by atoms with E-state index in [1.807, 2.05) is 6.07 Å². The summed E-state index contributed by atoms with van der Waals surface area (Å²) >= 11 is 0. The Labute approximate surface area is 111 Å². The number of carbonyl (C=O) groups is 1. The minimum absolute atomic E-state index is 0.232. The van der Waals surface area contributed by atoms with Crippen LogP contribution in [0.2, 0.25) is 0 Å². The average molecular weight is 264 g/mol. The van der Waals surface area contributed by atoms with Crippen molar-refractivity contribution in [3.8, 4) is 0 Å². The van der Waals surface area contributed by atoms with E-state index in [0.717, 1.165) is 19.5 Å².